The van der Waals surface area contributed by atoms with Crippen molar-refractivity contribution in [2.45, 2.75) is 0 Å². The Morgan fingerprint density at radius 1 is 1.18 bits per heavy atom. The van der Waals surface area contributed by atoms with Crippen LogP contribution in [0, 0.1) is 0 Å². The molecule has 0 aliphatic rings. The molecule has 0 saturated carbocycles. The van der Waals surface area contributed by atoms with Crippen LogP contribution in [0.2, 0.25) is 0 Å². The number of nitrogens with two attached hydrogens (primary N) is 1. The van der Waals surface area contributed by atoms with E-state index in [1.54, 1.807) is 12.4 Å². The summed E-state index contributed by atoms with van der Waals surface area (Å²) in [5, 5.41) is 0.895. The van der Waals surface area contributed by atoms with Crippen LogP contribution < -0.4 is 5.73 Å². The van der Waals surface area contributed by atoms with Crippen molar-refractivity contribution in [3.05, 3.63) is 35.1 Å². The van der Waals surface area contributed by atoms with E-state index in [0.29, 0.717) is 11.3 Å². The number of hydrogen-bond acceptors (Lipinski definition) is 5. The molecule has 3 aromatic rings. The molecule has 2 heterocycles. The average Bonchev–Trinajstić information content (AvgIpc) is 2.76. The number of hydrogen-bond donors (Lipinski definition) is 1. The third-order valence-electron chi connectivity index (χ3n) is 2.29. The highest BCUT2D eigenvalue weighted by Gasteiger charge is 2.08. The molecular weight excluding hydrogens is 300 g/mol. The molecule has 0 aliphatic heterocycles. The first-order valence-corrected chi connectivity index (χ1v) is 6.48. The zero-order chi connectivity index (χ0) is 11.8. The van der Waals surface area contributed by atoms with E-state index in [2.05, 4.69) is 30.9 Å². The summed E-state index contributed by atoms with van der Waals surface area (Å²) < 4.78 is 0.871. The minimum atomic E-state index is 0.681. The Kier molecular flexibility index (Phi) is 2.53. The number of halogens is 1. The van der Waals surface area contributed by atoms with Crippen molar-refractivity contribution < 1.29 is 0 Å². The van der Waals surface area contributed by atoms with Gasteiger partial charge in [-0.3, -0.25) is 0 Å². The van der Waals surface area contributed by atoms with Crippen molar-refractivity contribution in [2.24, 2.45) is 0 Å². The Morgan fingerprint density at radius 3 is 2.76 bits per heavy atom. The Hall–Kier alpha value is -1.53. The molecule has 0 radical (unpaired) electrons. The van der Waals surface area contributed by atoms with Crippen LogP contribution in [-0.4, -0.2) is 15.0 Å². The van der Waals surface area contributed by atoms with Gasteiger partial charge < -0.3 is 5.73 Å². The van der Waals surface area contributed by atoms with Crippen LogP contribution in [0.5, 0.6) is 0 Å². The summed E-state index contributed by atoms with van der Waals surface area (Å²) in [6.07, 6.45) is 3.31. The van der Waals surface area contributed by atoms with E-state index >= 15 is 0 Å². The second-order valence-corrected chi connectivity index (χ2v) is 5.27. The van der Waals surface area contributed by atoms with E-state index in [-0.39, 0.29) is 0 Å². The number of benzene rings is 1. The van der Waals surface area contributed by atoms with Crippen molar-refractivity contribution >= 4 is 43.4 Å². The summed E-state index contributed by atoms with van der Waals surface area (Å²) in [6.45, 7) is 0. The smallest absolute Gasteiger partial charge is 0.190 e. The van der Waals surface area contributed by atoms with Crippen LogP contribution in [0.3, 0.4) is 0 Å². The predicted molar refractivity (Wildman–Crippen MR) is 72.8 cm³/mol. The zero-order valence-corrected chi connectivity index (χ0v) is 11.0. The van der Waals surface area contributed by atoms with Crippen molar-refractivity contribution in [2.75, 3.05) is 5.73 Å². The molecule has 0 unspecified atom stereocenters. The van der Waals surface area contributed by atoms with Gasteiger partial charge in [-0.05, 0) is 34.1 Å². The Labute approximate surface area is 110 Å². The van der Waals surface area contributed by atoms with Gasteiger partial charge in [-0.25, -0.2) is 15.0 Å². The van der Waals surface area contributed by atoms with E-state index in [4.69, 9.17) is 5.73 Å². The minimum Gasteiger partial charge on any atom is -0.398 e. The number of aromatic nitrogens is 3. The van der Waals surface area contributed by atoms with Crippen LogP contribution in [0.4, 0.5) is 5.69 Å². The Bertz CT molecular complexity index is 662. The first-order valence-electron chi connectivity index (χ1n) is 4.87. The third-order valence-corrected chi connectivity index (χ3v) is 3.98. The first-order chi connectivity index (χ1) is 8.24. The molecule has 0 amide bonds. The lowest BCUT2D eigenvalue weighted by Crippen LogP contribution is -1.86. The highest BCUT2D eigenvalue weighted by molar-refractivity contribution is 9.10. The van der Waals surface area contributed by atoms with Gasteiger partial charge in [0.1, 0.15) is 5.01 Å². The number of fused-ring (bicyclic) bond motifs is 1. The van der Waals surface area contributed by atoms with E-state index < -0.39 is 0 Å². The fraction of sp³-hybridized carbons (Fsp3) is 0. The van der Waals surface area contributed by atoms with Gasteiger partial charge in [0.2, 0.25) is 0 Å². The summed E-state index contributed by atoms with van der Waals surface area (Å²) in [5.41, 5.74) is 8.16. The zero-order valence-electron chi connectivity index (χ0n) is 8.59. The van der Waals surface area contributed by atoms with E-state index in [1.165, 1.54) is 11.3 Å². The van der Waals surface area contributed by atoms with Gasteiger partial charge in [0.05, 0.1) is 0 Å². The number of nitrogens with zero attached hydrogens (tertiary/aromatic N) is 3. The largest absolute Gasteiger partial charge is 0.398 e. The molecule has 0 aliphatic carbocycles. The molecule has 0 atom stereocenters. The molecule has 17 heavy (non-hydrogen) atoms. The normalized spacial score (nSPS) is 10.9. The maximum atomic E-state index is 5.75. The second-order valence-electron chi connectivity index (χ2n) is 3.44. The first kappa shape index (κ1) is 10.6. The topological polar surface area (TPSA) is 64.7 Å². The molecule has 0 fully saturated rings. The molecule has 3 rings (SSSR count). The highest BCUT2D eigenvalue weighted by Crippen LogP contribution is 2.31. The van der Waals surface area contributed by atoms with Gasteiger partial charge in [0.15, 0.2) is 10.5 Å². The molecule has 4 nitrogen and oxygen atoms in total. The van der Waals surface area contributed by atoms with Crippen LogP contribution >= 0.6 is 27.3 Å². The van der Waals surface area contributed by atoms with Gasteiger partial charge in [0.25, 0.3) is 0 Å². The van der Waals surface area contributed by atoms with Crippen molar-refractivity contribution in [1.29, 1.82) is 0 Å². The minimum absolute atomic E-state index is 0.681. The summed E-state index contributed by atoms with van der Waals surface area (Å²) >= 11 is 4.93. The monoisotopic (exact) mass is 306 g/mol. The van der Waals surface area contributed by atoms with Gasteiger partial charge >= 0.3 is 0 Å². The fourth-order valence-corrected chi connectivity index (χ4v) is 2.70. The van der Waals surface area contributed by atoms with Crippen molar-refractivity contribution in [3.63, 3.8) is 0 Å². The number of nitrogen functional groups attached to an aromatic ring is 1. The molecule has 0 bridgehead atoms. The lowest BCUT2D eigenvalue weighted by atomic mass is 10.2. The van der Waals surface area contributed by atoms with Crippen LogP contribution in [0.25, 0.3) is 21.0 Å². The SMILES string of the molecule is Nc1ccc(-c2nc3nccnc3s2)cc1Br. The van der Waals surface area contributed by atoms with Gasteiger partial charge in [-0.2, -0.15) is 0 Å². The van der Waals surface area contributed by atoms with Crippen LogP contribution in [0.1, 0.15) is 0 Å². The van der Waals surface area contributed by atoms with Gasteiger partial charge in [-0.15, -0.1) is 0 Å². The highest BCUT2D eigenvalue weighted by atomic mass is 79.9. The maximum absolute atomic E-state index is 5.75. The molecule has 0 spiro atoms. The van der Waals surface area contributed by atoms with E-state index in [9.17, 15) is 0 Å². The lowest BCUT2D eigenvalue weighted by molar-refractivity contribution is 1.26. The van der Waals surface area contributed by atoms with Crippen molar-refractivity contribution in [3.8, 4) is 10.6 Å². The van der Waals surface area contributed by atoms with Crippen LogP contribution in [0.15, 0.2) is 35.1 Å². The Morgan fingerprint density at radius 2 is 2.00 bits per heavy atom. The average molecular weight is 307 g/mol. The number of rotatable bonds is 1. The lowest BCUT2D eigenvalue weighted by Gasteiger charge is -2.00. The quantitative estimate of drug-likeness (QED) is 0.702. The van der Waals surface area contributed by atoms with Gasteiger partial charge in [-0.1, -0.05) is 11.3 Å². The number of anilines is 1. The number of thiazole rings is 1. The molecule has 1 aromatic carbocycles. The molecule has 0 saturated heterocycles. The summed E-state index contributed by atoms with van der Waals surface area (Å²) in [6, 6.07) is 5.75. The molecule has 6 heteroatoms. The second kappa shape index (κ2) is 4.05. The fourth-order valence-electron chi connectivity index (χ4n) is 1.46. The third kappa shape index (κ3) is 1.89. The van der Waals surface area contributed by atoms with Crippen LogP contribution in [-0.2, 0) is 0 Å². The predicted octanol–water partition coefficient (Wildman–Crippen LogP) is 3.10. The summed E-state index contributed by atoms with van der Waals surface area (Å²) in [7, 11) is 0. The summed E-state index contributed by atoms with van der Waals surface area (Å²) in [4.78, 5) is 13.7. The summed E-state index contributed by atoms with van der Waals surface area (Å²) in [5.74, 6) is 0. The van der Waals surface area contributed by atoms with Crippen molar-refractivity contribution in [1.82, 2.24) is 15.0 Å². The molecular formula is C11H7BrN4S. The maximum Gasteiger partial charge on any atom is 0.190 e. The van der Waals surface area contributed by atoms with Gasteiger partial charge in [0, 0.05) is 28.1 Å². The molecule has 2 aromatic heterocycles. The molecule has 84 valence electrons. The Balaban J connectivity index is 2.17. The van der Waals surface area contributed by atoms with E-state index in [0.717, 1.165) is 19.9 Å². The van der Waals surface area contributed by atoms with E-state index in [1.807, 2.05) is 18.2 Å². The standard InChI is InChI=1S/C11H7BrN4S/c12-7-5-6(1-2-8(7)13)10-16-9-11(17-10)15-4-3-14-9/h1-5H,13H2. The molecule has 2 N–H and O–H groups in total.